The number of aromatic nitrogens is 1. The first-order chi connectivity index (χ1) is 16.5. The minimum Gasteiger partial charge on any atom is -0.465 e. The number of esters is 2. The summed E-state index contributed by atoms with van der Waals surface area (Å²) in [5, 5.41) is 1.40. The van der Waals surface area contributed by atoms with Crippen LogP contribution in [0.4, 0.5) is 0 Å². The van der Waals surface area contributed by atoms with Gasteiger partial charge in [-0.3, -0.25) is 0 Å². The number of methoxy groups -OCH3 is 2. The predicted molar refractivity (Wildman–Crippen MR) is 128 cm³/mol. The quantitative estimate of drug-likeness (QED) is 0.161. The fourth-order valence-corrected chi connectivity index (χ4v) is 3.86. The molecule has 4 aromatic rings. The number of pyridine rings is 1. The number of rotatable bonds is 8. The second-order valence-electron chi connectivity index (χ2n) is 7.73. The van der Waals surface area contributed by atoms with Gasteiger partial charge in [-0.15, -0.1) is 0 Å². The number of aryl methyl sites for hydroxylation is 1. The van der Waals surface area contributed by atoms with Crippen molar-refractivity contribution in [2.24, 2.45) is 0 Å². The maximum atomic E-state index is 13.6. The van der Waals surface area contributed by atoms with Gasteiger partial charge in [0.2, 0.25) is 0 Å². The molecule has 0 radical (unpaired) electrons. The lowest BCUT2D eigenvalue weighted by atomic mass is 10.0. The van der Waals surface area contributed by atoms with Crippen molar-refractivity contribution in [3.05, 3.63) is 82.9 Å². The molecule has 0 saturated heterocycles. The Morgan fingerprint density at radius 3 is 2.12 bits per heavy atom. The van der Waals surface area contributed by atoms with Crippen LogP contribution in [0.1, 0.15) is 31.8 Å². The van der Waals surface area contributed by atoms with Gasteiger partial charge in [0.25, 0.3) is 0 Å². The summed E-state index contributed by atoms with van der Waals surface area (Å²) in [5.74, 6) is -0.646. The number of carbonyl (C=O) groups is 2. The summed E-state index contributed by atoms with van der Waals surface area (Å²) in [6.07, 6.45) is 0. The lowest BCUT2D eigenvalue weighted by Gasteiger charge is -2.16. The number of nitrogens with zero attached hydrogens (tertiary/aromatic N) is 1. The van der Waals surface area contributed by atoms with Gasteiger partial charge in [-0.2, -0.15) is 0 Å². The van der Waals surface area contributed by atoms with Gasteiger partial charge in [0.15, 0.2) is 0 Å². The minimum atomic E-state index is -0.512. The van der Waals surface area contributed by atoms with Crippen LogP contribution in [-0.2, 0) is 20.8 Å². The smallest absolute Gasteiger partial charge is 0.344 e. The molecule has 34 heavy (non-hydrogen) atoms. The first-order valence-electron chi connectivity index (χ1n) is 10.8. The molecule has 0 aliphatic heterocycles. The molecule has 4 rings (SSSR count). The maximum absolute atomic E-state index is 13.6. The van der Waals surface area contributed by atoms with E-state index in [1.54, 1.807) is 26.2 Å². The van der Waals surface area contributed by atoms with E-state index in [-0.39, 0.29) is 6.61 Å². The average Bonchev–Trinajstić information content (AvgIpc) is 2.86. The summed E-state index contributed by atoms with van der Waals surface area (Å²) in [4.78, 5) is 30.4. The molecule has 174 valence electrons. The van der Waals surface area contributed by atoms with E-state index < -0.39 is 11.9 Å². The monoisotopic (exact) mass is 459 g/mol. The van der Waals surface area contributed by atoms with E-state index in [0.29, 0.717) is 63.0 Å². The molecule has 0 fully saturated rings. The van der Waals surface area contributed by atoms with Gasteiger partial charge < -0.3 is 18.9 Å². The van der Waals surface area contributed by atoms with E-state index in [9.17, 15) is 9.59 Å². The molecule has 7 nitrogen and oxygen atoms in total. The van der Waals surface area contributed by atoms with Crippen molar-refractivity contribution in [2.75, 3.05) is 27.4 Å². The molecule has 0 aliphatic carbocycles. The lowest BCUT2D eigenvalue weighted by molar-refractivity contribution is 0.0581. The largest absolute Gasteiger partial charge is 0.465 e. The number of ether oxygens (including phenoxy) is 4. The topological polar surface area (TPSA) is 84.0 Å². The molecular weight excluding hydrogens is 434 g/mol. The maximum Gasteiger partial charge on any atom is 0.344 e. The van der Waals surface area contributed by atoms with Gasteiger partial charge >= 0.3 is 11.9 Å². The van der Waals surface area contributed by atoms with Gasteiger partial charge in [-0.1, -0.05) is 36.4 Å². The molecule has 0 bridgehead atoms. The summed E-state index contributed by atoms with van der Waals surface area (Å²) < 4.78 is 21.5. The van der Waals surface area contributed by atoms with Crippen LogP contribution < -0.4 is 4.74 Å². The summed E-state index contributed by atoms with van der Waals surface area (Å²) >= 11 is 0. The SMILES string of the molecule is COCCOCc1cc(C(=O)OC)cc(C)c1OC(=O)c1c2ccccc2nc2ccccc12. The zero-order valence-electron chi connectivity index (χ0n) is 19.3. The Labute approximate surface area is 197 Å². The van der Waals surface area contributed by atoms with Crippen LogP contribution in [0.2, 0.25) is 0 Å². The second-order valence-corrected chi connectivity index (χ2v) is 7.73. The third-order valence-corrected chi connectivity index (χ3v) is 5.45. The highest BCUT2D eigenvalue weighted by Crippen LogP contribution is 2.31. The molecule has 0 spiro atoms. The highest BCUT2D eigenvalue weighted by atomic mass is 16.5. The lowest BCUT2D eigenvalue weighted by Crippen LogP contribution is -2.14. The predicted octanol–water partition coefficient (Wildman–Crippen LogP) is 4.87. The molecule has 1 aromatic heterocycles. The van der Waals surface area contributed by atoms with Crippen molar-refractivity contribution in [1.82, 2.24) is 4.98 Å². The first-order valence-corrected chi connectivity index (χ1v) is 10.8. The summed E-state index contributed by atoms with van der Waals surface area (Å²) in [6, 6.07) is 18.2. The molecule has 3 aromatic carbocycles. The van der Waals surface area contributed by atoms with Crippen LogP contribution in [0.3, 0.4) is 0 Å². The third-order valence-electron chi connectivity index (χ3n) is 5.45. The minimum absolute atomic E-state index is 0.134. The standard InChI is InChI=1S/C27H25NO6/c1-17-14-18(26(29)32-3)15-19(16-33-13-12-31-2)25(17)34-27(30)24-20-8-4-6-10-22(20)28-23-11-7-5-9-21(23)24/h4-11,14-15H,12-13,16H2,1-3H3. The second kappa shape index (κ2) is 10.4. The molecular formula is C27H25NO6. The van der Waals surface area contributed by atoms with E-state index in [1.165, 1.54) is 7.11 Å². The fraction of sp³-hybridized carbons (Fsp3) is 0.222. The van der Waals surface area contributed by atoms with E-state index in [4.69, 9.17) is 18.9 Å². The number of para-hydroxylation sites is 2. The van der Waals surface area contributed by atoms with Crippen LogP contribution in [0, 0.1) is 6.92 Å². The molecule has 0 N–H and O–H groups in total. The Balaban J connectivity index is 1.78. The molecule has 0 saturated carbocycles. The normalized spacial score (nSPS) is 11.0. The van der Waals surface area contributed by atoms with Crippen LogP contribution in [0.25, 0.3) is 21.8 Å². The third kappa shape index (κ3) is 4.76. The van der Waals surface area contributed by atoms with Crippen LogP contribution in [-0.4, -0.2) is 44.4 Å². The Hall–Kier alpha value is -3.81. The number of fused-ring (bicyclic) bond motifs is 2. The number of hydrogen-bond donors (Lipinski definition) is 0. The fourth-order valence-electron chi connectivity index (χ4n) is 3.86. The van der Waals surface area contributed by atoms with Crippen LogP contribution >= 0.6 is 0 Å². The van der Waals surface area contributed by atoms with Gasteiger partial charge in [0, 0.05) is 23.4 Å². The highest BCUT2D eigenvalue weighted by Gasteiger charge is 2.22. The van der Waals surface area contributed by atoms with Crippen molar-refractivity contribution < 1.29 is 28.5 Å². The summed E-state index contributed by atoms with van der Waals surface area (Å²) in [6.45, 7) is 2.68. The van der Waals surface area contributed by atoms with E-state index in [1.807, 2.05) is 48.5 Å². The van der Waals surface area contributed by atoms with Crippen molar-refractivity contribution >= 4 is 33.7 Å². The zero-order chi connectivity index (χ0) is 24.1. The Bertz CT molecular complexity index is 1310. The van der Waals surface area contributed by atoms with Crippen LogP contribution in [0.15, 0.2) is 60.7 Å². The number of hydrogen-bond acceptors (Lipinski definition) is 7. The van der Waals surface area contributed by atoms with Gasteiger partial charge in [-0.05, 0) is 36.8 Å². The zero-order valence-corrected chi connectivity index (χ0v) is 19.3. The molecule has 1 heterocycles. The Kier molecular flexibility index (Phi) is 7.15. The van der Waals surface area contributed by atoms with E-state index in [2.05, 4.69) is 4.98 Å². The van der Waals surface area contributed by atoms with Gasteiger partial charge in [-0.25, -0.2) is 14.6 Å². The first kappa shape index (κ1) is 23.4. The average molecular weight is 459 g/mol. The number of carbonyl (C=O) groups excluding carboxylic acids is 2. The molecule has 7 heteroatoms. The van der Waals surface area contributed by atoms with E-state index >= 15 is 0 Å². The van der Waals surface area contributed by atoms with Crippen molar-refractivity contribution in [1.29, 1.82) is 0 Å². The molecule has 0 atom stereocenters. The van der Waals surface area contributed by atoms with E-state index in [0.717, 1.165) is 0 Å². The molecule has 0 amide bonds. The molecule has 0 unspecified atom stereocenters. The van der Waals surface area contributed by atoms with Gasteiger partial charge in [0.1, 0.15) is 5.75 Å². The summed E-state index contributed by atoms with van der Waals surface area (Å²) in [5.41, 5.74) is 3.37. The van der Waals surface area contributed by atoms with Gasteiger partial charge in [0.05, 0.1) is 49.1 Å². The van der Waals surface area contributed by atoms with Crippen molar-refractivity contribution in [3.63, 3.8) is 0 Å². The number of benzene rings is 3. The van der Waals surface area contributed by atoms with Crippen molar-refractivity contribution in [2.45, 2.75) is 13.5 Å². The summed E-state index contributed by atoms with van der Waals surface area (Å²) in [7, 11) is 2.90. The Morgan fingerprint density at radius 2 is 1.50 bits per heavy atom. The molecule has 0 aliphatic rings. The Morgan fingerprint density at radius 1 is 0.853 bits per heavy atom. The van der Waals surface area contributed by atoms with Crippen LogP contribution in [0.5, 0.6) is 5.75 Å². The highest BCUT2D eigenvalue weighted by molar-refractivity contribution is 6.14. The van der Waals surface area contributed by atoms with Crippen molar-refractivity contribution in [3.8, 4) is 5.75 Å².